The maximum Gasteiger partial charge on any atom is 0.293 e. The van der Waals surface area contributed by atoms with E-state index in [1.807, 2.05) is 49.2 Å². The van der Waals surface area contributed by atoms with Crippen LogP contribution >= 0.6 is 0 Å². The number of amides is 1. The van der Waals surface area contributed by atoms with Gasteiger partial charge in [0.25, 0.3) is 5.91 Å². The Balaban J connectivity index is 1.57. The molecular weight excluding hydrogens is 314 g/mol. The lowest BCUT2D eigenvalue weighted by Gasteiger charge is -2.35. The molecule has 2 atom stereocenters. The average molecular weight is 339 g/mol. The van der Waals surface area contributed by atoms with Crippen LogP contribution in [-0.4, -0.2) is 50.7 Å². The normalized spacial score (nSPS) is 25.1. The van der Waals surface area contributed by atoms with Crippen LogP contribution < -0.4 is 5.32 Å². The Labute approximate surface area is 148 Å². The number of fused-ring (bicyclic) bond motifs is 2. The van der Waals surface area contributed by atoms with Gasteiger partial charge >= 0.3 is 0 Å². The standard InChI is InChI=1S/C19H25N5O/c1-3-17-21-18(22-24(17)15-7-5-4-6-8-15)19(25)23(2)16-11-13-9-10-14(12-16)20-13/h4-8,13-14,16,20H,3,9-12H2,1-2H3. The SMILES string of the molecule is CCc1nc(C(=O)N(C)C2CC3CCC(C2)N3)nn1-c1ccccc1. The zero-order valence-corrected chi connectivity index (χ0v) is 14.9. The first-order valence-electron chi connectivity index (χ1n) is 9.20. The van der Waals surface area contributed by atoms with Gasteiger partial charge in [-0.15, -0.1) is 5.10 Å². The zero-order chi connectivity index (χ0) is 17.4. The fraction of sp³-hybridized carbons (Fsp3) is 0.526. The summed E-state index contributed by atoms with van der Waals surface area (Å²) in [5, 5.41) is 8.14. The topological polar surface area (TPSA) is 63.1 Å². The van der Waals surface area contributed by atoms with Crippen LogP contribution in [0.3, 0.4) is 0 Å². The highest BCUT2D eigenvalue weighted by molar-refractivity contribution is 5.90. The molecule has 0 radical (unpaired) electrons. The first-order valence-corrected chi connectivity index (χ1v) is 9.20. The number of carbonyl (C=O) groups is 1. The van der Waals surface area contributed by atoms with E-state index < -0.39 is 0 Å². The third kappa shape index (κ3) is 3.06. The second kappa shape index (κ2) is 6.59. The van der Waals surface area contributed by atoms with Crippen molar-refractivity contribution in [2.45, 2.75) is 57.2 Å². The fourth-order valence-electron chi connectivity index (χ4n) is 4.11. The van der Waals surface area contributed by atoms with Crippen LogP contribution in [0.4, 0.5) is 0 Å². The number of benzene rings is 1. The van der Waals surface area contributed by atoms with Gasteiger partial charge < -0.3 is 10.2 Å². The first-order chi connectivity index (χ1) is 12.2. The maximum atomic E-state index is 13.0. The second-order valence-electron chi connectivity index (χ2n) is 7.13. The van der Waals surface area contributed by atoms with Gasteiger partial charge in [0.05, 0.1) is 5.69 Å². The van der Waals surface area contributed by atoms with Crippen molar-refractivity contribution in [1.82, 2.24) is 25.0 Å². The Bertz CT molecular complexity index is 744. The van der Waals surface area contributed by atoms with Crippen molar-refractivity contribution >= 4 is 5.91 Å². The van der Waals surface area contributed by atoms with Crippen molar-refractivity contribution in [2.75, 3.05) is 7.05 Å². The average Bonchev–Trinajstić information content (AvgIpc) is 3.24. The van der Waals surface area contributed by atoms with Gasteiger partial charge in [-0.1, -0.05) is 25.1 Å². The van der Waals surface area contributed by atoms with Crippen molar-refractivity contribution in [1.29, 1.82) is 0 Å². The Kier molecular flexibility index (Phi) is 4.29. The van der Waals surface area contributed by atoms with Crippen molar-refractivity contribution in [3.63, 3.8) is 0 Å². The van der Waals surface area contributed by atoms with E-state index in [1.165, 1.54) is 12.8 Å². The van der Waals surface area contributed by atoms with Crippen LogP contribution in [0.15, 0.2) is 30.3 Å². The minimum Gasteiger partial charge on any atom is -0.336 e. The molecule has 25 heavy (non-hydrogen) atoms. The minimum atomic E-state index is -0.0734. The van der Waals surface area contributed by atoms with Crippen molar-refractivity contribution in [3.8, 4) is 5.69 Å². The summed E-state index contributed by atoms with van der Waals surface area (Å²) in [6.07, 6.45) is 5.24. The molecule has 6 heteroatoms. The smallest absolute Gasteiger partial charge is 0.293 e. The zero-order valence-electron chi connectivity index (χ0n) is 14.9. The first kappa shape index (κ1) is 16.3. The number of hydrogen-bond donors (Lipinski definition) is 1. The molecule has 2 aliphatic heterocycles. The number of carbonyl (C=O) groups excluding carboxylic acids is 1. The van der Waals surface area contributed by atoms with Crippen LogP contribution in [0.1, 0.15) is 49.1 Å². The summed E-state index contributed by atoms with van der Waals surface area (Å²) >= 11 is 0. The number of hydrogen-bond acceptors (Lipinski definition) is 4. The second-order valence-corrected chi connectivity index (χ2v) is 7.13. The molecule has 0 aliphatic carbocycles. The lowest BCUT2D eigenvalue weighted by Crippen LogP contribution is -2.48. The number of nitrogens with one attached hydrogen (secondary N) is 1. The Hall–Kier alpha value is -2.21. The lowest BCUT2D eigenvalue weighted by molar-refractivity contribution is 0.0669. The van der Waals surface area contributed by atoms with Crippen LogP contribution in [0.5, 0.6) is 0 Å². The number of piperidine rings is 1. The molecule has 0 spiro atoms. The molecule has 1 N–H and O–H groups in total. The summed E-state index contributed by atoms with van der Waals surface area (Å²) in [6.45, 7) is 2.03. The van der Waals surface area contributed by atoms with Crippen LogP contribution in [0.2, 0.25) is 0 Å². The highest BCUT2D eigenvalue weighted by Crippen LogP contribution is 2.29. The predicted octanol–water partition coefficient (Wildman–Crippen LogP) is 2.18. The van der Waals surface area contributed by atoms with Crippen LogP contribution in [-0.2, 0) is 6.42 Å². The van der Waals surface area contributed by atoms with E-state index in [4.69, 9.17) is 0 Å². The predicted molar refractivity (Wildman–Crippen MR) is 95.8 cm³/mol. The molecule has 2 unspecified atom stereocenters. The van der Waals surface area contributed by atoms with Gasteiger partial charge in [-0.05, 0) is 37.8 Å². The van der Waals surface area contributed by atoms with E-state index in [0.717, 1.165) is 30.8 Å². The van der Waals surface area contributed by atoms with E-state index >= 15 is 0 Å². The lowest BCUT2D eigenvalue weighted by atomic mass is 9.98. The Morgan fingerprint density at radius 1 is 1.24 bits per heavy atom. The molecule has 2 aliphatic rings. The number of para-hydroxylation sites is 1. The molecule has 3 heterocycles. The molecule has 0 saturated carbocycles. The van der Waals surface area contributed by atoms with E-state index in [1.54, 1.807) is 4.68 Å². The maximum absolute atomic E-state index is 13.0. The summed E-state index contributed by atoms with van der Waals surface area (Å²) < 4.78 is 1.78. The molecule has 2 bridgehead atoms. The van der Waals surface area contributed by atoms with Gasteiger partial charge in [0.1, 0.15) is 5.82 Å². The number of rotatable bonds is 4. The molecular formula is C19H25N5O. The summed E-state index contributed by atoms with van der Waals surface area (Å²) in [5.74, 6) is 1.04. The van der Waals surface area contributed by atoms with E-state index in [0.29, 0.717) is 17.9 Å². The monoisotopic (exact) mass is 339 g/mol. The number of aryl methyl sites for hydroxylation is 1. The fourth-order valence-corrected chi connectivity index (χ4v) is 4.11. The quantitative estimate of drug-likeness (QED) is 0.927. The van der Waals surface area contributed by atoms with Gasteiger partial charge in [-0.25, -0.2) is 9.67 Å². The Morgan fingerprint density at radius 2 is 1.92 bits per heavy atom. The van der Waals surface area contributed by atoms with Crippen molar-refractivity contribution in [3.05, 3.63) is 42.0 Å². The molecule has 2 aromatic rings. The third-order valence-corrected chi connectivity index (χ3v) is 5.50. The summed E-state index contributed by atoms with van der Waals surface area (Å²) in [7, 11) is 1.90. The van der Waals surface area contributed by atoms with E-state index in [2.05, 4.69) is 15.4 Å². The van der Waals surface area contributed by atoms with Gasteiger partial charge in [-0.3, -0.25) is 4.79 Å². The number of nitrogens with zero attached hydrogens (tertiary/aromatic N) is 4. The molecule has 6 nitrogen and oxygen atoms in total. The largest absolute Gasteiger partial charge is 0.336 e. The molecule has 132 valence electrons. The van der Waals surface area contributed by atoms with Gasteiger partial charge in [0.2, 0.25) is 5.82 Å². The molecule has 1 aromatic heterocycles. The molecule has 4 rings (SSSR count). The minimum absolute atomic E-state index is 0.0734. The van der Waals surface area contributed by atoms with Crippen LogP contribution in [0.25, 0.3) is 5.69 Å². The van der Waals surface area contributed by atoms with Gasteiger partial charge in [-0.2, -0.15) is 0 Å². The van der Waals surface area contributed by atoms with Crippen LogP contribution in [0, 0.1) is 0 Å². The van der Waals surface area contributed by atoms with Crippen molar-refractivity contribution in [2.24, 2.45) is 0 Å². The van der Waals surface area contributed by atoms with E-state index in [-0.39, 0.29) is 11.9 Å². The van der Waals surface area contributed by atoms with Gasteiger partial charge in [0, 0.05) is 31.6 Å². The van der Waals surface area contributed by atoms with E-state index in [9.17, 15) is 4.79 Å². The number of aromatic nitrogens is 3. The molecule has 2 saturated heterocycles. The third-order valence-electron chi connectivity index (χ3n) is 5.50. The molecule has 1 amide bonds. The van der Waals surface area contributed by atoms with Gasteiger partial charge in [0.15, 0.2) is 0 Å². The molecule has 2 fully saturated rings. The molecule has 1 aromatic carbocycles. The summed E-state index contributed by atoms with van der Waals surface area (Å²) in [4.78, 5) is 19.3. The van der Waals surface area contributed by atoms with Crippen molar-refractivity contribution < 1.29 is 4.79 Å². The Morgan fingerprint density at radius 3 is 2.56 bits per heavy atom. The highest BCUT2D eigenvalue weighted by atomic mass is 16.2. The summed E-state index contributed by atoms with van der Waals surface area (Å²) in [6, 6.07) is 11.3. The highest BCUT2D eigenvalue weighted by Gasteiger charge is 2.37. The summed E-state index contributed by atoms with van der Waals surface area (Å²) in [5.41, 5.74) is 0.938.